The van der Waals surface area contributed by atoms with Crippen molar-refractivity contribution in [1.82, 2.24) is 10.3 Å². The molecule has 2 atom stereocenters. The van der Waals surface area contributed by atoms with Crippen LogP contribution in [-0.2, 0) is 16.0 Å². The third-order valence-corrected chi connectivity index (χ3v) is 6.94. The molecule has 0 radical (unpaired) electrons. The van der Waals surface area contributed by atoms with E-state index >= 15 is 0 Å². The Kier molecular flexibility index (Phi) is 9.86. The van der Waals surface area contributed by atoms with Crippen molar-refractivity contribution in [2.45, 2.75) is 57.7 Å². The van der Waals surface area contributed by atoms with E-state index in [0.717, 1.165) is 22.6 Å². The van der Waals surface area contributed by atoms with Gasteiger partial charge in [0, 0.05) is 23.6 Å². The Hall–Kier alpha value is -3.40. The second-order valence-electron chi connectivity index (χ2n) is 9.22. The fourth-order valence-corrected chi connectivity index (χ4v) is 5.07. The molecule has 3 rings (SSSR count). The number of carbonyl (C=O) groups excluding carboxylic acids is 2. The Bertz CT molecular complexity index is 1110. The summed E-state index contributed by atoms with van der Waals surface area (Å²) in [5, 5.41) is 18.6. The fourth-order valence-electron chi connectivity index (χ4n) is 3.87. The number of aryl methyl sites for hydroxylation is 1. The summed E-state index contributed by atoms with van der Waals surface area (Å²) in [5.41, 5.74) is 2.32. The van der Waals surface area contributed by atoms with Gasteiger partial charge in [-0.15, -0.1) is 11.8 Å². The van der Waals surface area contributed by atoms with Gasteiger partial charge < -0.3 is 15.7 Å². The standard InChI is InChI=1S/C26H33N5O4S/c1-16(2)12-21(25-28-15-19(36-25)8-10-24(33)34)29-23(32)14-18-7-9-20(17(3)13-18)30-26(35)31-22-6-4-5-11-27-22/h4-7,9,11,13,16,19,21H,8,10,12,14-15H2,1-3H3,(H,29,32)(H,33,34)(H2,27,30,31,35). The molecule has 3 amide bonds. The zero-order valence-corrected chi connectivity index (χ0v) is 21.6. The van der Waals surface area contributed by atoms with Crippen LogP contribution in [0, 0.1) is 12.8 Å². The van der Waals surface area contributed by atoms with E-state index in [0.29, 0.717) is 30.4 Å². The van der Waals surface area contributed by atoms with Gasteiger partial charge in [0.05, 0.1) is 24.1 Å². The summed E-state index contributed by atoms with van der Waals surface area (Å²) in [6.07, 6.45) is 3.25. The highest BCUT2D eigenvalue weighted by atomic mass is 32.2. The molecule has 10 heteroatoms. The number of aliphatic imine (C=N–C) groups is 1. The molecule has 1 aromatic heterocycles. The van der Waals surface area contributed by atoms with Crippen molar-refractivity contribution in [1.29, 1.82) is 0 Å². The first-order valence-corrected chi connectivity index (χ1v) is 12.9. The minimum absolute atomic E-state index is 0.106. The van der Waals surface area contributed by atoms with Crippen LogP contribution in [-0.4, -0.2) is 50.9 Å². The third-order valence-electron chi connectivity index (χ3n) is 5.57. The van der Waals surface area contributed by atoms with E-state index < -0.39 is 12.0 Å². The van der Waals surface area contributed by atoms with Crippen molar-refractivity contribution >= 4 is 46.2 Å². The van der Waals surface area contributed by atoms with Crippen molar-refractivity contribution < 1.29 is 19.5 Å². The number of anilines is 2. The van der Waals surface area contributed by atoms with E-state index in [9.17, 15) is 14.4 Å². The Morgan fingerprint density at radius 2 is 1.97 bits per heavy atom. The number of carbonyl (C=O) groups is 3. The molecule has 2 heterocycles. The number of nitrogens with zero attached hydrogens (tertiary/aromatic N) is 2. The molecule has 1 aliphatic heterocycles. The molecule has 4 N–H and O–H groups in total. The topological polar surface area (TPSA) is 133 Å². The maximum Gasteiger partial charge on any atom is 0.324 e. The van der Waals surface area contributed by atoms with Crippen LogP contribution in [0.1, 0.15) is 44.2 Å². The quantitative estimate of drug-likeness (QED) is 0.351. The van der Waals surface area contributed by atoms with Crippen LogP contribution in [0.5, 0.6) is 0 Å². The number of aromatic nitrogens is 1. The normalized spacial score (nSPS) is 15.8. The van der Waals surface area contributed by atoms with E-state index in [2.05, 4.69) is 39.8 Å². The average Bonchev–Trinajstić information content (AvgIpc) is 3.28. The van der Waals surface area contributed by atoms with Crippen LogP contribution in [0.15, 0.2) is 47.6 Å². The first-order valence-electron chi connectivity index (χ1n) is 12.0. The monoisotopic (exact) mass is 511 g/mol. The Labute approximate surface area is 215 Å². The predicted octanol–water partition coefficient (Wildman–Crippen LogP) is 4.49. The zero-order valence-electron chi connectivity index (χ0n) is 20.8. The van der Waals surface area contributed by atoms with Crippen LogP contribution in [0.2, 0.25) is 0 Å². The molecule has 2 aromatic rings. The van der Waals surface area contributed by atoms with Crippen LogP contribution >= 0.6 is 11.8 Å². The number of carboxylic acids is 1. The number of pyridine rings is 1. The van der Waals surface area contributed by atoms with Gasteiger partial charge in [0.2, 0.25) is 5.91 Å². The minimum Gasteiger partial charge on any atom is -0.481 e. The van der Waals surface area contributed by atoms with E-state index in [1.165, 1.54) is 0 Å². The molecule has 9 nitrogen and oxygen atoms in total. The minimum atomic E-state index is -0.804. The lowest BCUT2D eigenvalue weighted by Gasteiger charge is -2.21. The number of rotatable bonds is 11. The number of hydrogen-bond donors (Lipinski definition) is 4. The first kappa shape index (κ1) is 27.2. The molecule has 1 aliphatic rings. The second-order valence-corrected chi connectivity index (χ2v) is 10.5. The van der Waals surface area contributed by atoms with Crippen molar-refractivity contribution in [2.75, 3.05) is 17.2 Å². The van der Waals surface area contributed by atoms with Crippen LogP contribution < -0.4 is 16.0 Å². The Morgan fingerprint density at radius 3 is 2.64 bits per heavy atom. The molecule has 0 fully saturated rings. The van der Waals surface area contributed by atoms with Gasteiger partial charge in [-0.25, -0.2) is 9.78 Å². The highest BCUT2D eigenvalue weighted by molar-refractivity contribution is 8.14. The number of thioether (sulfide) groups is 1. The summed E-state index contributed by atoms with van der Waals surface area (Å²) in [5.74, 6) is -0.0935. The molecule has 2 unspecified atom stereocenters. The van der Waals surface area contributed by atoms with Crippen molar-refractivity contribution in [3.8, 4) is 0 Å². The summed E-state index contributed by atoms with van der Waals surface area (Å²) in [6.45, 7) is 6.65. The van der Waals surface area contributed by atoms with Crippen LogP contribution in [0.3, 0.4) is 0 Å². The van der Waals surface area contributed by atoms with Crippen LogP contribution in [0.25, 0.3) is 0 Å². The summed E-state index contributed by atoms with van der Waals surface area (Å²) in [7, 11) is 0. The summed E-state index contributed by atoms with van der Waals surface area (Å²) >= 11 is 1.58. The number of hydrogen-bond acceptors (Lipinski definition) is 6. The van der Waals surface area contributed by atoms with Gasteiger partial charge in [-0.1, -0.05) is 32.0 Å². The molecule has 0 spiro atoms. The van der Waals surface area contributed by atoms with Gasteiger partial charge in [-0.05, 0) is 55.0 Å². The smallest absolute Gasteiger partial charge is 0.324 e. The predicted molar refractivity (Wildman–Crippen MR) is 144 cm³/mol. The lowest BCUT2D eigenvalue weighted by molar-refractivity contribution is -0.137. The number of aliphatic carboxylic acids is 1. The summed E-state index contributed by atoms with van der Waals surface area (Å²) in [6, 6.07) is 10.2. The number of carboxylic acid groups (broad SMARTS) is 1. The first-order chi connectivity index (χ1) is 17.2. The number of amides is 3. The van der Waals surface area contributed by atoms with Gasteiger partial charge in [0.1, 0.15) is 5.82 Å². The van der Waals surface area contributed by atoms with Crippen molar-refractivity contribution in [2.24, 2.45) is 10.9 Å². The molecular weight excluding hydrogens is 478 g/mol. The van der Waals surface area contributed by atoms with Crippen molar-refractivity contribution in [3.05, 3.63) is 53.7 Å². The lowest BCUT2D eigenvalue weighted by atomic mass is 10.0. The highest BCUT2D eigenvalue weighted by Crippen LogP contribution is 2.28. The zero-order chi connectivity index (χ0) is 26.1. The number of urea groups is 1. The maximum absolute atomic E-state index is 12.9. The third kappa shape index (κ3) is 8.67. The Balaban J connectivity index is 1.55. The van der Waals surface area contributed by atoms with Gasteiger partial charge in [0.25, 0.3) is 0 Å². The fraction of sp³-hybridized carbons (Fsp3) is 0.423. The maximum atomic E-state index is 12.9. The Morgan fingerprint density at radius 1 is 1.17 bits per heavy atom. The van der Waals surface area contributed by atoms with Gasteiger partial charge in [-0.3, -0.25) is 19.9 Å². The molecule has 0 saturated carbocycles. The van der Waals surface area contributed by atoms with E-state index in [1.54, 1.807) is 42.2 Å². The summed E-state index contributed by atoms with van der Waals surface area (Å²) in [4.78, 5) is 44.7. The SMILES string of the molecule is Cc1cc(CC(=O)NC(CC(C)C)C2=NCC(CCC(=O)O)S2)ccc1NC(=O)Nc1ccccn1. The van der Waals surface area contributed by atoms with Gasteiger partial charge in [0.15, 0.2) is 0 Å². The lowest BCUT2D eigenvalue weighted by Crippen LogP contribution is -2.41. The average molecular weight is 512 g/mol. The largest absolute Gasteiger partial charge is 0.481 e. The highest BCUT2D eigenvalue weighted by Gasteiger charge is 2.28. The van der Waals surface area contributed by atoms with E-state index in [4.69, 9.17) is 5.11 Å². The molecule has 0 saturated heterocycles. The number of benzene rings is 1. The number of nitrogens with one attached hydrogen (secondary N) is 3. The van der Waals surface area contributed by atoms with Crippen molar-refractivity contribution in [3.63, 3.8) is 0 Å². The summed E-state index contributed by atoms with van der Waals surface area (Å²) < 4.78 is 0. The molecule has 0 aliphatic carbocycles. The van der Waals surface area contributed by atoms with Crippen LogP contribution in [0.4, 0.5) is 16.3 Å². The molecule has 1 aromatic carbocycles. The van der Waals surface area contributed by atoms with E-state index in [1.807, 2.05) is 19.1 Å². The van der Waals surface area contributed by atoms with Gasteiger partial charge in [-0.2, -0.15) is 0 Å². The van der Waals surface area contributed by atoms with Gasteiger partial charge >= 0.3 is 12.0 Å². The second kappa shape index (κ2) is 13.1. The molecule has 192 valence electrons. The molecule has 36 heavy (non-hydrogen) atoms. The van der Waals surface area contributed by atoms with E-state index in [-0.39, 0.29) is 30.0 Å². The molecular formula is C26H33N5O4S. The molecule has 0 bridgehead atoms.